The van der Waals surface area contributed by atoms with Gasteiger partial charge in [0.25, 0.3) is 0 Å². The van der Waals surface area contributed by atoms with E-state index in [2.05, 4.69) is 16.0 Å². The van der Waals surface area contributed by atoms with Gasteiger partial charge in [0.2, 0.25) is 0 Å². The number of ether oxygens (including phenoxy) is 2. The minimum absolute atomic E-state index is 0.314. The molecule has 1 aliphatic rings. The molecule has 0 amide bonds. The van der Waals surface area contributed by atoms with Crippen molar-refractivity contribution in [2.75, 3.05) is 26.8 Å². The van der Waals surface area contributed by atoms with E-state index in [4.69, 9.17) is 9.47 Å². The molecule has 0 radical (unpaired) electrons. The first kappa shape index (κ1) is 14.0. The largest absolute Gasteiger partial charge is 0.467 e. The second kappa shape index (κ2) is 6.20. The average molecular weight is 286 g/mol. The molecule has 1 unspecified atom stereocenters. The van der Waals surface area contributed by atoms with Crippen LogP contribution in [0.1, 0.15) is 5.69 Å². The van der Waals surface area contributed by atoms with E-state index in [-0.39, 0.29) is 5.97 Å². The number of methoxy groups -OCH3 is 1. The number of para-hydroxylation sites is 1. The van der Waals surface area contributed by atoms with Crippen LogP contribution in [0.2, 0.25) is 0 Å². The zero-order chi connectivity index (χ0) is 14.7. The third-order valence-electron chi connectivity index (χ3n) is 3.66. The molecule has 2 aromatic rings. The predicted molar refractivity (Wildman–Crippen MR) is 78.8 cm³/mol. The summed E-state index contributed by atoms with van der Waals surface area (Å²) in [5.41, 5.74) is 1.99. The smallest absolute Gasteiger partial charge is 0.336 e. The fourth-order valence-corrected chi connectivity index (χ4v) is 2.55. The maximum atomic E-state index is 11.6. The molecule has 1 fully saturated rings. The molecule has 0 saturated carbocycles. The van der Waals surface area contributed by atoms with Crippen molar-refractivity contribution < 1.29 is 14.3 Å². The highest BCUT2D eigenvalue weighted by atomic mass is 16.6. The lowest BCUT2D eigenvalue weighted by Crippen LogP contribution is -2.46. The first-order chi connectivity index (χ1) is 10.3. The van der Waals surface area contributed by atoms with Gasteiger partial charge in [-0.25, -0.2) is 4.79 Å². The van der Waals surface area contributed by atoms with Gasteiger partial charge in [0.05, 0.1) is 24.9 Å². The quantitative estimate of drug-likeness (QED) is 0.802. The number of hydrogen-bond donors (Lipinski definition) is 0. The third kappa shape index (κ3) is 3.20. The molecule has 110 valence electrons. The highest BCUT2D eigenvalue weighted by molar-refractivity contribution is 5.78. The van der Waals surface area contributed by atoms with Gasteiger partial charge in [0, 0.05) is 25.0 Å². The van der Waals surface area contributed by atoms with Gasteiger partial charge in [-0.3, -0.25) is 9.88 Å². The number of hydrogen-bond acceptors (Lipinski definition) is 5. The van der Waals surface area contributed by atoms with Crippen molar-refractivity contribution in [2.45, 2.75) is 12.6 Å². The van der Waals surface area contributed by atoms with Crippen molar-refractivity contribution in [2.24, 2.45) is 0 Å². The van der Waals surface area contributed by atoms with Crippen molar-refractivity contribution in [3.05, 3.63) is 42.1 Å². The van der Waals surface area contributed by atoms with Crippen molar-refractivity contribution >= 4 is 16.9 Å². The summed E-state index contributed by atoms with van der Waals surface area (Å²) >= 11 is 0. The molecule has 1 aromatic heterocycles. The SMILES string of the molecule is COC(=O)C1CN(Cc2ccc3ccccc3n2)CCO1. The van der Waals surface area contributed by atoms with Gasteiger partial charge < -0.3 is 9.47 Å². The number of pyridine rings is 1. The Hall–Kier alpha value is -1.98. The fraction of sp³-hybridized carbons (Fsp3) is 0.375. The number of rotatable bonds is 3. The van der Waals surface area contributed by atoms with Crippen molar-refractivity contribution in [1.82, 2.24) is 9.88 Å². The summed E-state index contributed by atoms with van der Waals surface area (Å²) in [5.74, 6) is -0.314. The Kier molecular flexibility index (Phi) is 4.13. The molecule has 5 nitrogen and oxygen atoms in total. The molecule has 1 saturated heterocycles. The van der Waals surface area contributed by atoms with Crippen LogP contribution in [0.25, 0.3) is 10.9 Å². The Morgan fingerprint density at radius 3 is 3.10 bits per heavy atom. The molecule has 0 aliphatic carbocycles. The van der Waals surface area contributed by atoms with Gasteiger partial charge in [0.1, 0.15) is 0 Å². The standard InChI is InChI=1S/C16H18N2O3/c1-20-16(19)15-11-18(8-9-21-15)10-13-7-6-12-4-2-3-5-14(12)17-13/h2-7,15H,8-11H2,1H3. The van der Waals surface area contributed by atoms with Crippen LogP contribution in [0, 0.1) is 0 Å². The van der Waals surface area contributed by atoms with Crippen molar-refractivity contribution in [3.8, 4) is 0 Å². The molecular formula is C16H18N2O3. The highest BCUT2D eigenvalue weighted by Crippen LogP contribution is 2.15. The maximum Gasteiger partial charge on any atom is 0.336 e. The van der Waals surface area contributed by atoms with E-state index in [0.29, 0.717) is 19.7 Å². The first-order valence-corrected chi connectivity index (χ1v) is 7.03. The number of benzene rings is 1. The molecule has 21 heavy (non-hydrogen) atoms. The van der Waals surface area contributed by atoms with E-state index in [1.807, 2.05) is 30.3 Å². The van der Waals surface area contributed by atoms with E-state index in [9.17, 15) is 4.79 Å². The Bertz CT molecular complexity index is 644. The summed E-state index contributed by atoms with van der Waals surface area (Å²) in [5, 5.41) is 1.13. The number of carbonyl (C=O) groups is 1. The first-order valence-electron chi connectivity index (χ1n) is 7.03. The highest BCUT2D eigenvalue weighted by Gasteiger charge is 2.27. The van der Waals surface area contributed by atoms with E-state index in [0.717, 1.165) is 23.1 Å². The molecule has 3 rings (SSSR count). The van der Waals surface area contributed by atoms with Crippen molar-refractivity contribution in [1.29, 1.82) is 0 Å². The number of nitrogens with zero attached hydrogens (tertiary/aromatic N) is 2. The summed E-state index contributed by atoms with van der Waals surface area (Å²) in [4.78, 5) is 18.4. The number of morpholine rings is 1. The monoisotopic (exact) mass is 286 g/mol. The summed E-state index contributed by atoms with van der Waals surface area (Å²) in [7, 11) is 1.38. The van der Waals surface area contributed by atoms with Gasteiger partial charge >= 0.3 is 5.97 Å². The van der Waals surface area contributed by atoms with Gasteiger partial charge in [-0.1, -0.05) is 24.3 Å². The molecule has 0 N–H and O–H groups in total. The van der Waals surface area contributed by atoms with Crippen molar-refractivity contribution in [3.63, 3.8) is 0 Å². The van der Waals surface area contributed by atoms with Crippen LogP contribution in [0.15, 0.2) is 36.4 Å². The fourth-order valence-electron chi connectivity index (χ4n) is 2.55. The number of aromatic nitrogens is 1. The Labute approximate surface area is 123 Å². The minimum atomic E-state index is -0.496. The maximum absolute atomic E-state index is 11.6. The molecule has 0 bridgehead atoms. The minimum Gasteiger partial charge on any atom is -0.467 e. The zero-order valence-corrected chi connectivity index (χ0v) is 12.0. The lowest BCUT2D eigenvalue weighted by molar-refractivity contribution is -0.160. The average Bonchev–Trinajstić information content (AvgIpc) is 2.54. The molecule has 1 aromatic carbocycles. The number of carbonyl (C=O) groups excluding carboxylic acids is 1. The number of esters is 1. The predicted octanol–water partition coefficient (Wildman–Crippen LogP) is 1.61. The van der Waals surface area contributed by atoms with Crippen LogP contribution in [-0.2, 0) is 20.8 Å². The summed E-state index contributed by atoms with van der Waals surface area (Å²) in [6.07, 6.45) is -0.496. The zero-order valence-electron chi connectivity index (χ0n) is 12.0. The van der Waals surface area contributed by atoms with E-state index >= 15 is 0 Å². The molecule has 5 heteroatoms. The van der Waals surface area contributed by atoms with Crippen LogP contribution in [0.3, 0.4) is 0 Å². The van der Waals surface area contributed by atoms with E-state index in [1.165, 1.54) is 7.11 Å². The molecule has 1 atom stereocenters. The van der Waals surface area contributed by atoms with Crippen LogP contribution >= 0.6 is 0 Å². The lowest BCUT2D eigenvalue weighted by atomic mass is 10.2. The second-order valence-corrected chi connectivity index (χ2v) is 5.11. The van der Waals surface area contributed by atoms with Gasteiger partial charge in [-0.15, -0.1) is 0 Å². The molecular weight excluding hydrogens is 268 g/mol. The van der Waals surface area contributed by atoms with Crippen LogP contribution in [-0.4, -0.2) is 48.8 Å². The van der Waals surface area contributed by atoms with Crippen LogP contribution in [0.4, 0.5) is 0 Å². The lowest BCUT2D eigenvalue weighted by Gasteiger charge is -2.31. The molecule has 1 aliphatic heterocycles. The summed E-state index contributed by atoms with van der Waals surface area (Å²) in [6.45, 7) is 2.58. The van der Waals surface area contributed by atoms with Gasteiger partial charge in [-0.2, -0.15) is 0 Å². The van der Waals surface area contributed by atoms with E-state index in [1.54, 1.807) is 0 Å². The van der Waals surface area contributed by atoms with Gasteiger partial charge in [-0.05, 0) is 12.1 Å². The van der Waals surface area contributed by atoms with Crippen LogP contribution < -0.4 is 0 Å². The van der Waals surface area contributed by atoms with E-state index < -0.39 is 6.10 Å². The third-order valence-corrected chi connectivity index (χ3v) is 3.66. The number of fused-ring (bicyclic) bond motifs is 1. The summed E-state index contributed by atoms with van der Waals surface area (Å²) < 4.78 is 10.2. The Morgan fingerprint density at radius 2 is 2.24 bits per heavy atom. The normalized spacial score (nSPS) is 19.6. The van der Waals surface area contributed by atoms with Gasteiger partial charge in [0.15, 0.2) is 6.10 Å². The summed E-state index contributed by atoms with van der Waals surface area (Å²) in [6, 6.07) is 12.2. The van der Waals surface area contributed by atoms with Crippen LogP contribution in [0.5, 0.6) is 0 Å². The molecule has 0 spiro atoms. The second-order valence-electron chi connectivity index (χ2n) is 5.11. The Balaban J connectivity index is 1.71. The Morgan fingerprint density at radius 1 is 1.38 bits per heavy atom. The molecule has 2 heterocycles. The topological polar surface area (TPSA) is 51.7 Å².